The van der Waals surface area contributed by atoms with Gasteiger partial charge in [0.1, 0.15) is 5.82 Å². The van der Waals surface area contributed by atoms with Gasteiger partial charge in [0.25, 0.3) is 0 Å². The van der Waals surface area contributed by atoms with Crippen LogP contribution in [0, 0.1) is 5.41 Å². The second-order valence-corrected chi connectivity index (χ2v) is 7.48. The number of carbonyl (C=O) groups is 1. The number of carbonyl (C=O) groups excluding carboxylic acids is 1. The van der Waals surface area contributed by atoms with Crippen LogP contribution in [0.1, 0.15) is 65.3 Å². The van der Waals surface area contributed by atoms with Crippen LogP contribution in [0.15, 0.2) is 12.3 Å². The quantitative estimate of drug-likeness (QED) is 0.752. The first kappa shape index (κ1) is 17.8. The maximum Gasteiger partial charge on any atom is 0.320 e. The van der Waals surface area contributed by atoms with Crippen molar-refractivity contribution in [3.63, 3.8) is 0 Å². The summed E-state index contributed by atoms with van der Waals surface area (Å²) < 4.78 is 1.94. The van der Waals surface area contributed by atoms with Gasteiger partial charge in [-0.3, -0.25) is 5.32 Å². The van der Waals surface area contributed by atoms with Gasteiger partial charge in [0.15, 0.2) is 0 Å². The molecule has 1 heterocycles. The minimum Gasteiger partial charge on any atom is -0.393 e. The van der Waals surface area contributed by atoms with Gasteiger partial charge in [0.05, 0.1) is 18.3 Å². The van der Waals surface area contributed by atoms with Crippen LogP contribution in [0.5, 0.6) is 0 Å². The van der Waals surface area contributed by atoms with Crippen LogP contribution in [-0.2, 0) is 0 Å². The fraction of sp³-hybridized carbons (Fsp3) is 0.765. The van der Waals surface area contributed by atoms with Gasteiger partial charge in [-0.1, -0.05) is 33.1 Å². The van der Waals surface area contributed by atoms with Crippen molar-refractivity contribution in [2.45, 2.75) is 71.4 Å². The Bertz CT molecular complexity index is 504. The molecule has 1 aliphatic carbocycles. The molecule has 1 atom stereocenters. The molecule has 1 aliphatic rings. The third kappa shape index (κ3) is 5.53. The second-order valence-electron chi connectivity index (χ2n) is 7.48. The van der Waals surface area contributed by atoms with E-state index in [-0.39, 0.29) is 17.6 Å². The highest BCUT2D eigenvalue weighted by Gasteiger charge is 2.22. The lowest BCUT2D eigenvalue weighted by Crippen LogP contribution is -2.38. The number of nitrogens with zero attached hydrogens (tertiary/aromatic N) is 2. The van der Waals surface area contributed by atoms with E-state index in [0.717, 1.165) is 18.7 Å². The Labute approximate surface area is 138 Å². The molecule has 1 saturated carbocycles. The van der Waals surface area contributed by atoms with Gasteiger partial charge < -0.3 is 10.4 Å². The van der Waals surface area contributed by atoms with Crippen molar-refractivity contribution in [1.82, 2.24) is 15.1 Å². The summed E-state index contributed by atoms with van der Waals surface area (Å²) in [5, 5.41) is 19.7. The first-order valence-corrected chi connectivity index (χ1v) is 8.64. The third-order valence-electron chi connectivity index (χ3n) is 4.41. The number of aliphatic hydroxyl groups is 1. The van der Waals surface area contributed by atoms with E-state index in [4.69, 9.17) is 0 Å². The normalized spacial score (nSPS) is 17.7. The summed E-state index contributed by atoms with van der Waals surface area (Å²) in [6.07, 6.45) is 8.00. The van der Waals surface area contributed by atoms with Crippen molar-refractivity contribution in [2.24, 2.45) is 5.41 Å². The molecule has 130 valence electrons. The minimum atomic E-state index is -0.373. The zero-order chi connectivity index (χ0) is 16.9. The number of nitrogens with one attached hydrogen (secondary N) is 2. The Balaban J connectivity index is 1.87. The molecule has 0 aromatic carbocycles. The summed E-state index contributed by atoms with van der Waals surface area (Å²) in [6, 6.07) is 2.01. The molecule has 6 heteroatoms. The first-order chi connectivity index (χ1) is 10.9. The SMILES string of the molecule is CC(O)CC(C)(C)CNC(=O)Nc1ccnn1C1CCCCC1. The van der Waals surface area contributed by atoms with E-state index in [1.165, 1.54) is 19.3 Å². The Morgan fingerprint density at radius 2 is 2.13 bits per heavy atom. The van der Waals surface area contributed by atoms with Gasteiger partial charge in [-0.05, 0) is 31.6 Å². The van der Waals surface area contributed by atoms with E-state index in [1.807, 2.05) is 24.6 Å². The van der Waals surface area contributed by atoms with Gasteiger partial charge in [-0.25, -0.2) is 9.48 Å². The zero-order valence-electron chi connectivity index (χ0n) is 14.5. The maximum atomic E-state index is 12.2. The molecule has 1 aromatic rings. The predicted octanol–water partition coefficient (Wildman–Crippen LogP) is 3.31. The number of anilines is 1. The summed E-state index contributed by atoms with van der Waals surface area (Å²) >= 11 is 0. The number of hydrogen-bond donors (Lipinski definition) is 3. The molecule has 0 saturated heterocycles. The molecular formula is C17H30N4O2. The summed E-state index contributed by atoms with van der Waals surface area (Å²) in [7, 11) is 0. The molecule has 2 rings (SSSR count). The van der Waals surface area contributed by atoms with Gasteiger partial charge in [0, 0.05) is 12.6 Å². The monoisotopic (exact) mass is 322 g/mol. The van der Waals surface area contributed by atoms with Crippen molar-refractivity contribution < 1.29 is 9.90 Å². The van der Waals surface area contributed by atoms with Gasteiger partial charge in [-0.2, -0.15) is 5.10 Å². The van der Waals surface area contributed by atoms with E-state index >= 15 is 0 Å². The van der Waals surface area contributed by atoms with Crippen LogP contribution in [0.2, 0.25) is 0 Å². The zero-order valence-corrected chi connectivity index (χ0v) is 14.5. The lowest BCUT2D eigenvalue weighted by molar-refractivity contribution is 0.129. The van der Waals surface area contributed by atoms with Gasteiger partial charge >= 0.3 is 6.03 Å². The average Bonchev–Trinajstić information content (AvgIpc) is 2.93. The van der Waals surface area contributed by atoms with Crippen molar-refractivity contribution >= 4 is 11.8 Å². The van der Waals surface area contributed by atoms with E-state index in [9.17, 15) is 9.90 Å². The van der Waals surface area contributed by atoms with Crippen LogP contribution in [0.3, 0.4) is 0 Å². The number of hydrogen-bond acceptors (Lipinski definition) is 3. The molecule has 0 aliphatic heterocycles. The Hall–Kier alpha value is -1.56. The molecular weight excluding hydrogens is 292 g/mol. The van der Waals surface area contributed by atoms with Crippen LogP contribution < -0.4 is 10.6 Å². The Kier molecular flexibility index (Phi) is 6.04. The highest BCUT2D eigenvalue weighted by Crippen LogP contribution is 2.29. The highest BCUT2D eigenvalue weighted by molar-refractivity contribution is 5.88. The fourth-order valence-electron chi connectivity index (χ4n) is 3.38. The number of aromatic nitrogens is 2. The van der Waals surface area contributed by atoms with E-state index < -0.39 is 0 Å². The second kappa shape index (κ2) is 7.81. The Morgan fingerprint density at radius 3 is 2.78 bits per heavy atom. The summed E-state index contributed by atoms with van der Waals surface area (Å²) in [5.41, 5.74) is -0.144. The number of urea groups is 1. The Morgan fingerprint density at radius 1 is 1.43 bits per heavy atom. The highest BCUT2D eigenvalue weighted by atomic mass is 16.3. The smallest absolute Gasteiger partial charge is 0.320 e. The average molecular weight is 322 g/mol. The van der Waals surface area contributed by atoms with Crippen LogP contribution >= 0.6 is 0 Å². The molecule has 6 nitrogen and oxygen atoms in total. The molecule has 0 radical (unpaired) electrons. The molecule has 1 fully saturated rings. The summed E-state index contributed by atoms with van der Waals surface area (Å²) in [5.74, 6) is 0.753. The molecule has 23 heavy (non-hydrogen) atoms. The third-order valence-corrected chi connectivity index (χ3v) is 4.41. The number of rotatable bonds is 6. The molecule has 2 amide bonds. The summed E-state index contributed by atoms with van der Waals surface area (Å²) in [4.78, 5) is 12.2. The minimum absolute atomic E-state index is 0.144. The summed E-state index contributed by atoms with van der Waals surface area (Å²) in [6.45, 7) is 6.35. The molecule has 0 bridgehead atoms. The van der Waals surface area contributed by atoms with Crippen molar-refractivity contribution in [2.75, 3.05) is 11.9 Å². The maximum absolute atomic E-state index is 12.2. The van der Waals surface area contributed by atoms with Gasteiger partial charge in [-0.15, -0.1) is 0 Å². The lowest BCUT2D eigenvalue weighted by atomic mass is 9.87. The topological polar surface area (TPSA) is 79.2 Å². The molecule has 3 N–H and O–H groups in total. The van der Waals surface area contributed by atoms with Crippen molar-refractivity contribution in [1.29, 1.82) is 0 Å². The van der Waals surface area contributed by atoms with Crippen molar-refractivity contribution in [3.8, 4) is 0 Å². The van der Waals surface area contributed by atoms with Gasteiger partial charge in [0.2, 0.25) is 0 Å². The standard InChI is InChI=1S/C17H30N4O2/c1-13(22)11-17(2,3)12-18-16(23)20-15-9-10-19-21(15)14-7-5-4-6-8-14/h9-10,13-14,22H,4-8,11-12H2,1-3H3,(H2,18,20,23). The number of amides is 2. The van der Waals surface area contributed by atoms with Crippen molar-refractivity contribution in [3.05, 3.63) is 12.3 Å². The van der Waals surface area contributed by atoms with Crippen LogP contribution in [0.4, 0.5) is 10.6 Å². The molecule has 1 unspecified atom stereocenters. The van der Waals surface area contributed by atoms with E-state index in [1.54, 1.807) is 13.1 Å². The largest absolute Gasteiger partial charge is 0.393 e. The van der Waals surface area contributed by atoms with Crippen LogP contribution in [0.25, 0.3) is 0 Å². The number of aliphatic hydroxyl groups excluding tert-OH is 1. The first-order valence-electron chi connectivity index (χ1n) is 8.64. The molecule has 1 aromatic heterocycles. The fourth-order valence-corrected chi connectivity index (χ4v) is 3.38. The van der Waals surface area contributed by atoms with Crippen LogP contribution in [-0.4, -0.2) is 33.6 Å². The molecule has 0 spiro atoms. The van der Waals surface area contributed by atoms with E-state index in [0.29, 0.717) is 19.0 Å². The predicted molar refractivity (Wildman–Crippen MR) is 91.4 cm³/mol. The lowest BCUT2D eigenvalue weighted by Gasteiger charge is -2.27. The van der Waals surface area contributed by atoms with E-state index in [2.05, 4.69) is 15.7 Å².